The maximum Gasteiger partial charge on any atom is 0.416 e. The molecule has 4 rings (SSSR count). The maximum atomic E-state index is 13.7. The summed E-state index contributed by atoms with van der Waals surface area (Å²) < 4.78 is 62.8. The fourth-order valence-corrected chi connectivity index (χ4v) is 4.22. The van der Waals surface area contributed by atoms with Gasteiger partial charge in [0.25, 0.3) is 5.56 Å². The van der Waals surface area contributed by atoms with Gasteiger partial charge in [0.05, 0.1) is 39.7 Å². The molecule has 0 aliphatic heterocycles. The number of fused-ring (bicyclic) bond motifs is 1. The van der Waals surface area contributed by atoms with Crippen molar-refractivity contribution in [3.8, 4) is 34.1 Å². The average molecular weight is 513 g/mol. The van der Waals surface area contributed by atoms with Gasteiger partial charge >= 0.3 is 12.1 Å². The normalized spacial score (nSPS) is 11.3. The van der Waals surface area contributed by atoms with Gasteiger partial charge in [-0.05, 0) is 47.3 Å². The molecule has 0 N–H and O–H groups in total. The highest BCUT2D eigenvalue weighted by atomic mass is 19.4. The highest BCUT2D eigenvalue weighted by Crippen LogP contribution is 2.43. The molecule has 0 saturated carbocycles. The fourth-order valence-electron chi connectivity index (χ4n) is 4.22. The Balaban J connectivity index is 2.22. The smallest absolute Gasteiger partial charge is 0.416 e. The summed E-state index contributed by atoms with van der Waals surface area (Å²) in [6.07, 6.45) is -4.67. The number of carbonyl (C=O) groups excluding carboxylic acids is 1. The molecule has 0 aliphatic carbocycles. The molecule has 1 aromatic heterocycles. The van der Waals surface area contributed by atoms with Crippen molar-refractivity contribution in [1.82, 2.24) is 4.57 Å². The topological polar surface area (TPSA) is 76.0 Å². The first-order chi connectivity index (χ1) is 17.7. The summed E-state index contributed by atoms with van der Waals surface area (Å²) in [6, 6.07) is 13.8. The van der Waals surface area contributed by atoms with Crippen LogP contribution in [0.25, 0.3) is 27.6 Å². The zero-order valence-corrected chi connectivity index (χ0v) is 20.3. The SMILES string of the molecule is COC(=O)c1c(-c2cc(OC)c(OC)c(OC)c2)c2ccccc2c(=O)n1-c1cccc(C(F)(F)F)c1. The van der Waals surface area contributed by atoms with Crippen LogP contribution in [0.1, 0.15) is 16.1 Å². The third kappa shape index (κ3) is 4.46. The van der Waals surface area contributed by atoms with Gasteiger partial charge in [0.1, 0.15) is 5.69 Å². The molecule has 3 aromatic carbocycles. The Kier molecular flexibility index (Phi) is 6.84. The third-order valence-electron chi connectivity index (χ3n) is 5.85. The van der Waals surface area contributed by atoms with Gasteiger partial charge < -0.3 is 18.9 Å². The monoisotopic (exact) mass is 513 g/mol. The van der Waals surface area contributed by atoms with E-state index in [-0.39, 0.29) is 33.8 Å². The first-order valence-corrected chi connectivity index (χ1v) is 10.9. The van der Waals surface area contributed by atoms with Crippen LogP contribution in [0, 0.1) is 0 Å². The van der Waals surface area contributed by atoms with E-state index < -0.39 is 23.3 Å². The van der Waals surface area contributed by atoms with E-state index in [4.69, 9.17) is 18.9 Å². The molecule has 0 spiro atoms. The molecule has 0 bridgehead atoms. The summed E-state index contributed by atoms with van der Waals surface area (Å²) in [4.78, 5) is 26.9. The molecule has 0 atom stereocenters. The lowest BCUT2D eigenvalue weighted by atomic mass is 9.95. The van der Waals surface area contributed by atoms with E-state index in [2.05, 4.69) is 0 Å². The second-order valence-electron chi connectivity index (χ2n) is 7.86. The number of benzene rings is 3. The van der Waals surface area contributed by atoms with E-state index in [9.17, 15) is 22.8 Å². The minimum absolute atomic E-state index is 0.153. The lowest BCUT2D eigenvalue weighted by molar-refractivity contribution is -0.137. The fraction of sp³-hybridized carbons (Fsp3) is 0.185. The van der Waals surface area contributed by atoms with Crippen LogP contribution in [-0.4, -0.2) is 39.0 Å². The molecular weight excluding hydrogens is 491 g/mol. The molecule has 0 saturated heterocycles. The standard InChI is InChI=1S/C27H22F3NO6/c1-34-20-12-15(13-21(35-2)24(20)36-3)22-18-10-5-6-11-19(18)25(32)31(23(22)26(33)37-4)17-9-7-8-16(14-17)27(28,29)30/h5-14H,1-4H3. The Labute approximate surface area is 209 Å². The molecule has 4 aromatic rings. The molecule has 0 aliphatic rings. The number of alkyl halides is 3. The number of ether oxygens (including phenoxy) is 4. The van der Waals surface area contributed by atoms with Gasteiger partial charge in [0, 0.05) is 10.9 Å². The van der Waals surface area contributed by atoms with Crippen LogP contribution in [0.3, 0.4) is 0 Å². The molecule has 0 unspecified atom stereocenters. The van der Waals surface area contributed by atoms with Crippen LogP contribution in [0.2, 0.25) is 0 Å². The summed E-state index contributed by atoms with van der Waals surface area (Å²) in [7, 11) is 5.40. The van der Waals surface area contributed by atoms with Gasteiger partial charge in [-0.25, -0.2) is 4.79 Å². The summed E-state index contributed by atoms with van der Waals surface area (Å²) in [6.45, 7) is 0. The van der Waals surface area contributed by atoms with E-state index in [1.165, 1.54) is 39.5 Å². The average Bonchev–Trinajstić information content (AvgIpc) is 2.91. The summed E-state index contributed by atoms with van der Waals surface area (Å²) in [5.41, 5.74) is -1.47. The Bertz CT molecular complexity index is 1530. The van der Waals surface area contributed by atoms with Gasteiger partial charge in [-0.3, -0.25) is 9.36 Å². The molecule has 7 nitrogen and oxygen atoms in total. The largest absolute Gasteiger partial charge is 0.493 e. The van der Waals surface area contributed by atoms with Crippen molar-refractivity contribution in [2.75, 3.05) is 28.4 Å². The number of hydrogen-bond donors (Lipinski definition) is 0. The second kappa shape index (κ2) is 9.88. The van der Waals surface area contributed by atoms with Crippen LogP contribution in [0.4, 0.5) is 13.2 Å². The number of rotatable bonds is 6. The molecule has 37 heavy (non-hydrogen) atoms. The van der Waals surface area contributed by atoms with Gasteiger partial charge in [-0.1, -0.05) is 24.3 Å². The highest BCUT2D eigenvalue weighted by Gasteiger charge is 2.32. The Morgan fingerprint density at radius 1 is 0.811 bits per heavy atom. The molecular formula is C27H22F3NO6. The van der Waals surface area contributed by atoms with E-state index >= 15 is 0 Å². The molecule has 0 fully saturated rings. The summed E-state index contributed by atoms with van der Waals surface area (Å²) in [5.74, 6) is -0.0879. The lowest BCUT2D eigenvalue weighted by Crippen LogP contribution is -2.27. The van der Waals surface area contributed by atoms with Crippen LogP contribution >= 0.6 is 0 Å². The Hall–Kier alpha value is -4.47. The predicted octanol–water partition coefficient (Wildman–Crippen LogP) is 5.49. The van der Waals surface area contributed by atoms with Crippen molar-refractivity contribution < 1.29 is 36.9 Å². The summed E-state index contributed by atoms with van der Waals surface area (Å²) >= 11 is 0. The lowest BCUT2D eigenvalue weighted by Gasteiger charge is -2.21. The Morgan fingerprint density at radius 3 is 1.97 bits per heavy atom. The van der Waals surface area contributed by atoms with E-state index in [1.54, 1.807) is 30.3 Å². The first-order valence-electron chi connectivity index (χ1n) is 10.9. The predicted molar refractivity (Wildman–Crippen MR) is 131 cm³/mol. The number of hydrogen-bond acceptors (Lipinski definition) is 6. The molecule has 10 heteroatoms. The number of pyridine rings is 1. The quantitative estimate of drug-likeness (QED) is 0.318. The number of esters is 1. The minimum atomic E-state index is -4.67. The van der Waals surface area contributed by atoms with E-state index in [1.807, 2.05) is 0 Å². The van der Waals surface area contributed by atoms with Gasteiger partial charge in [-0.15, -0.1) is 0 Å². The molecule has 0 radical (unpaired) electrons. The number of carbonyl (C=O) groups is 1. The van der Waals surface area contributed by atoms with Crippen LogP contribution < -0.4 is 19.8 Å². The van der Waals surface area contributed by atoms with E-state index in [0.29, 0.717) is 16.7 Å². The van der Waals surface area contributed by atoms with Gasteiger partial charge in [0.15, 0.2) is 11.5 Å². The third-order valence-corrected chi connectivity index (χ3v) is 5.85. The van der Waals surface area contributed by atoms with Crippen molar-refractivity contribution >= 4 is 16.7 Å². The Morgan fingerprint density at radius 2 is 1.43 bits per heavy atom. The maximum absolute atomic E-state index is 13.7. The number of halogens is 3. The molecule has 1 heterocycles. The first kappa shape index (κ1) is 25.6. The second-order valence-corrected chi connectivity index (χ2v) is 7.86. The van der Waals surface area contributed by atoms with E-state index in [0.717, 1.165) is 23.8 Å². The number of methoxy groups -OCH3 is 4. The zero-order valence-electron chi connectivity index (χ0n) is 20.3. The van der Waals surface area contributed by atoms with Gasteiger partial charge in [-0.2, -0.15) is 13.2 Å². The van der Waals surface area contributed by atoms with Crippen molar-refractivity contribution in [3.63, 3.8) is 0 Å². The highest BCUT2D eigenvalue weighted by molar-refractivity contribution is 6.07. The minimum Gasteiger partial charge on any atom is -0.493 e. The number of aromatic nitrogens is 1. The number of nitrogens with zero attached hydrogens (tertiary/aromatic N) is 1. The summed E-state index contributed by atoms with van der Waals surface area (Å²) in [5, 5.41) is 0.557. The van der Waals surface area contributed by atoms with Crippen LogP contribution in [0.15, 0.2) is 65.5 Å². The van der Waals surface area contributed by atoms with Gasteiger partial charge in [0.2, 0.25) is 5.75 Å². The van der Waals surface area contributed by atoms with Crippen LogP contribution in [-0.2, 0) is 10.9 Å². The van der Waals surface area contributed by atoms with Crippen molar-refractivity contribution in [2.45, 2.75) is 6.18 Å². The van der Waals surface area contributed by atoms with Crippen LogP contribution in [0.5, 0.6) is 17.2 Å². The molecule has 0 amide bonds. The molecule has 192 valence electrons. The van der Waals surface area contributed by atoms with Crippen molar-refractivity contribution in [2.24, 2.45) is 0 Å². The van der Waals surface area contributed by atoms with Crippen molar-refractivity contribution in [1.29, 1.82) is 0 Å². The van der Waals surface area contributed by atoms with Crippen molar-refractivity contribution in [3.05, 3.63) is 82.3 Å². The zero-order chi connectivity index (χ0) is 26.9.